The second-order valence-corrected chi connectivity index (χ2v) is 7.82. The van der Waals surface area contributed by atoms with Gasteiger partial charge in [-0.25, -0.2) is 0 Å². The van der Waals surface area contributed by atoms with E-state index in [0.717, 1.165) is 31.2 Å². The van der Waals surface area contributed by atoms with E-state index >= 15 is 0 Å². The minimum atomic E-state index is -0.431. The lowest BCUT2D eigenvalue weighted by Gasteiger charge is -2.38. The molecule has 4 rings (SSSR count). The molecule has 0 amide bonds. The van der Waals surface area contributed by atoms with Gasteiger partial charge in [0, 0.05) is 19.0 Å². The number of hydrogen-bond donors (Lipinski definition) is 0. The zero-order valence-corrected chi connectivity index (χ0v) is 16.6. The lowest BCUT2D eigenvalue weighted by Crippen LogP contribution is -2.39. The van der Waals surface area contributed by atoms with Gasteiger partial charge in [0.2, 0.25) is 5.88 Å². The summed E-state index contributed by atoms with van der Waals surface area (Å²) in [4.78, 5) is 13.3. The second-order valence-electron chi connectivity index (χ2n) is 7.45. The molecule has 0 bridgehead atoms. The Labute approximate surface area is 159 Å². The van der Waals surface area contributed by atoms with E-state index in [1.54, 1.807) is 4.57 Å². The van der Waals surface area contributed by atoms with Crippen molar-refractivity contribution in [2.45, 2.75) is 71.1 Å². The smallest absolute Gasteiger partial charge is 0.261 e. The van der Waals surface area contributed by atoms with Crippen LogP contribution in [0.1, 0.15) is 62.1 Å². The molecule has 1 aliphatic heterocycles. The number of hydrogen-bond acceptors (Lipinski definition) is 3. The zero-order valence-electron chi connectivity index (χ0n) is 15.7. The van der Waals surface area contributed by atoms with Gasteiger partial charge in [0.05, 0.1) is 5.56 Å². The van der Waals surface area contributed by atoms with Gasteiger partial charge in [0.15, 0.2) is 4.77 Å². The molecule has 138 valence electrons. The van der Waals surface area contributed by atoms with Crippen LogP contribution in [0.4, 0.5) is 0 Å². The van der Waals surface area contributed by atoms with Crippen LogP contribution >= 0.6 is 12.2 Å². The van der Waals surface area contributed by atoms with Crippen LogP contribution in [0.2, 0.25) is 0 Å². The van der Waals surface area contributed by atoms with Gasteiger partial charge in [-0.2, -0.15) is 0 Å². The van der Waals surface area contributed by atoms with Crippen molar-refractivity contribution in [3.05, 3.63) is 56.1 Å². The average molecular weight is 371 g/mol. The fourth-order valence-electron chi connectivity index (χ4n) is 4.72. The van der Waals surface area contributed by atoms with Crippen molar-refractivity contribution in [1.29, 1.82) is 0 Å². The summed E-state index contributed by atoms with van der Waals surface area (Å²) in [7, 11) is 0. The largest absolute Gasteiger partial charge is 0.466 e. The highest BCUT2D eigenvalue weighted by Crippen LogP contribution is 2.56. The molecule has 2 aliphatic rings. The molecule has 4 nitrogen and oxygen atoms in total. The van der Waals surface area contributed by atoms with Crippen LogP contribution in [0.25, 0.3) is 0 Å². The predicted molar refractivity (Wildman–Crippen MR) is 106 cm³/mol. The fourth-order valence-corrected chi connectivity index (χ4v) is 5.15. The van der Waals surface area contributed by atoms with Gasteiger partial charge >= 0.3 is 0 Å². The predicted octanol–water partition coefficient (Wildman–Crippen LogP) is 4.67. The van der Waals surface area contributed by atoms with Gasteiger partial charge in [0.1, 0.15) is 5.60 Å². The topological polar surface area (TPSA) is 36.2 Å². The van der Waals surface area contributed by atoms with Gasteiger partial charge in [-0.3, -0.25) is 13.9 Å². The number of ether oxygens (including phenoxy) is 1. The highest BCUT2D eigenvalue weighted by molar-refractivity contribution is 7.71. The molecule has 1 aromatic heterocycles. The summed E-state index contributed by atoms with van der Waals surface area (Å²) in [5, 5.41) is 0. The lowest BCUT2D eigenvalue weighted by atomic mass is 9.70. The van der Waals surface area contributed by atoms with Gasteiger partial charge in [0.25, 0.3) is 5.56 Å². The first kappa shape index (κ1) is 17.5. The standard InChI is InChI=1S/C21H26N2O2S/c1-4-22-18(24)17-16-8-6-7-13-21(16,15-11-9-14(3)10-12-15)25-19(17)23(5-2)20(22)26/h9-12,16H,4-8,13H2,1-3H3/t16-,21+/m0/s1. The molecule has 0 radical (unpaired) electrons. The van der Waals surface area contributed by atoms with Crippen molar-refractivity contribution in [3.8, 4) is 5.88 Å². The molecule has 1 fully saturated rings. The average Bonchev–Trinajstić information content (AvgIpc) is 2.99. The number of aryl methyl sites for hydroxylation is 1. The highest BCUT2D eigenvalue weighted by Gasteiger charge is 2.53. The monoisotopic (exact) mass is 370 g/mol. The van der Waals surface area contributed by atoms with Gasteiger partial charge in [-0.15, -0.1) is 0 Å². The van der Waals surface area contributed by atoms with E-state index in [2.05, 4.69) is 38.1 Å². The first-order valence-electron chi connectivity index (χ1n) is 9.67. The summed E-state index contributed by atoms with van der Waals surface area (Å²) in [5.41, 5.74) is 2.86. The Morgan fingerprint density at radius 1 is 1.15 bits per heavy atom. The first-order valence-corrected chi connectivity index (χ1v) is 10.1. The van der Waals surface area contributed by atoms with Gasteiger partial charge < -0.3 is 4.74 Å². The molecule has 2 aromatic rings. The van der Waals surface area contributed by atoms with Crippen molar-refractivity contribution in [2.75, 3.05) is 0 Å². The summed E-state index contributed by atoms with van der Waals surface area (Å²) in [6, 6.07) is 8.61. The van der Waals surface area contributed by atoms with Gasteiger partial charge in [-0.05, 0) is 57.8 Å². The third kappa shape index (κ3) is 2.33. The fraction of sp³-hybridized carbons (Fsp3) is 0.524. The molecule has 26 heavy (non-hydrogen) atoms. The van der Waals surface area contributed by atoms with Gasteiger partial charge in [-0.1, -0.05) is 36.2 Å². The van der Waals surface area contributed by atoms with Crippen LogP contribution in [-0.4, -0.2) is 9.13 Å². The SMILES string of the molecule is CCn1c2c(c(=O)n(CC)c1=S)[C@@H]1CCCC[C@]1(c1ccc(C)cc1)O2. The Morgan fingerprint density at radius 3 is 2.50 bits per heavy atom. The lowest BCUT2D eigenvalue weighted by molar-refractivity contribution is 0.0256. The van der Waals surface area contributed by atoms with Crippen LogP contribution in [-0.2, 0) is 18.7 Å². The normalized spacial score (nSPS) is 24.0. The minimum Gasteiger partial charge on any atom is -0.466 e. The summed E-state index contributed by atoms with van der Waals surface area (Å²) in [6.07, 6.45) is 4.18. The highest BCUT2D eigenvalue weighted by atomic mass is 32.1. The molecular weight excluding hydrogens is 344 g/mol. The second kappa shape index (κ2) is 6.38. The van der Waals surface area contributed by atoms with E-state index in [1.165, 1.54) is 11.1 Å². The molecule has 5 heteroatoms. The van der Waals surface area contributed by atoms with Crippen molar-refractivity contribution in [1.82, 2.24) is 9.13 Å². The quantitative estimate of drug-likeness (QED) is 0.737. The maximum absolute atomic E-state index is 13.3. The number of nitrogens with zero attached hydrogens (tertiary/aromatic N) is 2. The third-order valence-electron chi connectivity index (χ3n) is 6.07. The van der Waals surface area contributed by atoms with Crippen molar-refractivity contribution < 1.29 is 4.74 Å². The molecule has 1 aliphatic carbocycles. The first-order chi connectivity index (χ1) is 12.5. The molecule has 2 atom stereocenters. The maximum atomic E-state index is 13.3. The van der Waals surface area contributed by atoms with E-state index in [4.69, 9.17) is 17.0 Å². The van der Waals surface area contributed by atoms with Crippen molar-refractivity contribution in [2.24, 2.45) is 0 Å². The maximum Gasteiger partial charge on any atom is 0.261 e. The summed E-state index contributed by atoms with van der Waals surface area (Å²) >= 11 is 5.60. The Kier molecular flexibility index (Phi) is 4.30. The summed E-state index contributed by atoms with van der Waals surface area (Å²) in [5.74, 6) is 0.812. The van der Waals surface area contributed by atoms with E-state index in [9.17, 15) is 4.79 Å². The number of rotatable bonds is 3. The zero-order chi connectivity index (χ0) is 18.5. The van der Waals surface area contributed by atoms with Crippen LogP contribution in [0.5, 0.6) is 5.88 Å². The van der Waals surface area contributed by atoms with E-state index < -0.39 is 5.60 Å². The molecular formula is C21H26N2O2S. The summed E-state index contributed by atoms with van der Waals surface area (Å²) in [6.45, 7) is 7.43. The third-order valence-corrected chi connectivity index (χ3v) is 6.51. The Hall–Kier alpha value is -1.88. The molecule has 1 aromatic carbocycles. The Bertz CT molecular complexity index is 958. The van der Waals surface area contributed by atoms with Crippen molar-refractivity contribution in [3.63, 3.8) is 0 Å². The van der Waals surface area contributed by atoms with E-state index in [1.807, 2.05) is 11.5 Å². The molecule has 0 spiro atoms. The molecule has 0 N–H and O–H groups in total. The molecule has 0 saturated heterocycles. The number of benzene rings is 1. The van der Waals surface area contributed by atoms with E-state index in [0.29, 0.717) is 23.7 Å². The van der Waals surface area contributed by atoms with Crippen LogP contribution in [0.3, 0.4) is 0 Å². The summed E-state index contributed by atoms with van der Waals surface area (Å²) < 4.78 is 11.0. The van der Waals surface area contributed by atoms with Crippen LogP contribution < -0.4 is 10.3 Å². The minimum absolute atomic E-state index is 0.0399. The van der Waals surface area contributed by atoms with Crippen LogP contribution in [0, 0.1) is 11.7 Å². The van der Waals surface area contributed by atoms with Crippen molar-refractivity contribution >= 4 is 12.2 Å². The molecule has 0 unspecified atom stereocenters. The number of aromatic nitrogens is 2. The van der Waals surface area contributed by atoms with Crippen LogP contribution in [0.15, 0.2) is 29.1 Å². The molecule has 1 saturated carbocycles. The van der Waals surface area contributed by atoms with E-state index in [-0.39, 0.29) is 11.5 Å². The Morgan fingerprint density at radius 2 is 1.85 bits per heavy atom. The molecule has 2 heterocycles. The Balaban J connectivity index is 1.99. The number of fused-ring (bicyclic) bond motifs is 3.